The molecule has 0 saturated carbocycles. The third kappa shape index (κ3) is 3.61. The smallest absolute Gasteiger partial charge is 0.256 e. The van der Waals surface area contributed by atoms with E-state index in [1.807, 2.05) is 32.0 Å². The molecule has 1 heterocycles. The molecule has 0 spiro atoms. The molecular formula is C20H24N2O2S. The Hall–Kier alpha value is -2.14. The van der Waals surface area contributed by atoms with Gasteiger partial charge in [0.05, 0.1) is 5.56 Å². The van der Waals surface area contributed by atoms with Crippen LogP contribution < -0.4 is 10.6 Å². The first-order valence-corrected chi connectivity index (χ1v) is 9.58. The zero-order valence-electron chi connectivity index (χ0n) is 15.0. The topological polar surface area (TPSA) is 58.2 Å². The van der Waals surface area contributed by atoms with Crippen molar-refractivity contribution in [2.75, 3.05) is 12.4 Å². The van der Waals surface area contributed by atoms with E-state index in [0.717, 1.165) is 42.4 Å². The first kappa shape index (κ1) is 17.7. The monoisotopic (exact) mass is 356 g/mol. The van der Waals surface area contributed by atoms with Gasteiger partial charge in [0.15, 0.2) is 0 Å². The Morgan fingerprint density at radius 2 is 1.76 bits per heavy atom. The van der Waals surface area contributed by atoms with Crippen LogP contribution in [0.2, 0.25) is 0 Å². The van der Waals surface area contributed by atoms with Crippen LogP contribution >= 0.6 is 11.3 Å². The first-order valence-electron chi connectivity index (χ1n) is 8.76. The van der Waals surface area contributed by atoms with Crippen LogP contribution in [0.25, 0.3) is 0 Å². The Morgan fingerprint density at radius 1 is 1.00 bits per heavy atom. The highest BCUT2D eigenvalue weighted by Gasteiger charge is 2.25. The van der Waals surface area contributed by atoms with Crippen molar-refractivity contribution in [2.24, 2.45) is 0 Å². The van der Waals surface area contributed by atoms with Crippen LogP contribution in [-0.2, 0) is 12.8 Å². The lowest BCUT2D eigenvalue weighted by Gasteiger charge is -2.09. The predicted octanol–water partition coefficient (Wildman–Crippen LogP) is 4.25. The molecule has 2 N–H and O–H groups in total. The minimum Gasteiger partial charge on any atom is -0.355 e. The number of benzene rings is 1. The molecule has 2 amide bonds. The van der Waals surface area contributed by atoms with Crippen molar-refractivity contribution < 1.29 is 9.59 Å². The highest BCUT2D eigenvalue weighted by atomic mass is 32.1. The fraction of sp³-hybridized carbons (Fsp3) is 0.400. The number of anilines is 1. The molecule has 1 aliphatic carbocycles. The van der Waals surface area contributed by atoms with E-state index in [-0.39, 0.29) is 11.8 Å². The summed E-state index contributed by atoms with van der Waals surface area (Å²) < 4.78 is 0. The highest BCUT2D eigenvalue weighted by Crippen LogP contribution is 2.37. The maximum absolute atomic E-state index is 12.7. The summed E-state index contributed by atoms with van der Waals surface area (Å²) in [6.07, 6.45) is 5.33. The molecule has 3 rings (SSSR count). The molecule has 0 radical (unpaired) electrons. The maximum atomic E-state index is 12.7. The van der Waals surface area contributed by atoms with E-state index in [4.69, 9.17) is 0 Å². The third-order valence-corrected chi connectivity index (χ3v) is 6.08. The maximum Gasteiger partial charge on any atom is 0.256 e. The van der Waals surface area contributed by atoms with Gasteiger partial charge in [-0.15, -0.1) is 11.3 Å². The number of carbonyl (C=O) groups is 2. The zero-order valence-corrected chi connectivity index (χ0v) is 15.8. The van der Waals surface area contributed by atoms with Crippen LogP contribution in [0.5, 0.6) is 0 Å². The molecule has 4 nitrogen and oxygen atoms in total. The molecule has 0 atom stereocenters. The summed E-state index contributed by atoms with van der Waals surface area (Å²) in [5.74, 6) is -0.278. The van der Waals surface area contributed by atoms with Gasteiger partial charge in [0.25, 0.3) is 11.8 Å². The van der Waals surface area contributed by atoms with Crippen molar-refractivity contribution >= 4 is 28.2 Å². The average Bonchev–Trinajstić information content (AvgIpc) is 2.77. The Labute approximate surface area is 152 Å². The second-order valence-electron chi connectivity index (χ2n) is 6.60. The van der Waals surface area contributed by atoms with Gasteiger partial charge >= 0.3 is 0 Å². The Bertz CT molecular complexity index is 823. The fourth-order valence-corrected chi connectivity index (χ4v) is 4.54. The SMILES string of the molecule is CNC(=O)c1c(NC(=O)c2ccc(C)c(C)c2)sc2c1CCCCC2. The highest BCUT2D eigenvalue weighted by molar-refractivity contribution is 7.17. The fourth-order valence-electron chi connectivity index (χ4n) is 3.25. The molecular weight excluding hydrogens is 332 g/mol. The number of aryl methyl sites for hydroxylation is 3. The number of thiophene rings is 1. The number of fused-ring (bicyclic) bond motifs is 1. The lowest BCUT2D eigenvalue weighted by molar-refractivity contribution is 0.0963. The van der Waals surface area contributed by atoms with Gasteiger partial charge in [0, 0.05) is 17.5 Å². The van der Waals surface area contributed by atoms with E-state index >= 15 is 0 Å². The molecule has 5 heteroatoms. The summed E-state index contributed by atoms with van der Waals surface area (Å²) in [5.41, 5.74) is 4.64. The van der Waals surface area contributed by atoms with E-state index in [9.17, 15) is 9.59 Å². The van der Waals surface area contributed by atoms with E-state index in [1.165, 1.54) is 11.3 Å². The first-order chi connectivity index (χ1) is 12.0. The van der Waals surface area contributed by atoms with Gasteiger partial charge in [-0.2, -0.15) is 0 Å². The molecule has 1 aromatic carbocycles. The average molecular weight is 356 g/mol. The second kappa shape index (κ2) is 7.40. The quantitative estimate of drug-likeness (QED) is 0.808. The van der Waals surface area contributed by atoms with Crippen LogP contribution in [-0.4, -0.2) is 18.9 Å². The largest absolute Gasteiger partial charge is 0.355 e. The molecule has 1 aromatic heterocycles. The van der Waals surface area contributed by atoms with Crippen molar-refractivity contribution in [3.05, 3.63) is 50.9 Å². The third-order valence-electron chi connectivity index (χ3n) is 4.87. The lowest BCUT2D eigenvalue weighted by Crippen LogP contribution is -2.21. The molecule has 0 unspecified atom stereocenters. The van der Waals surface area contributed by atoms with E-state index in [0.29, 0.717) is 16.1 Å². The second-order valence-corrected chi connectivity index (χ2v) is 7.71. The predicted molar refractivity (Wildman–Crippen MR) is 103 cm³/mol. The van der Waals surface area contributed by atoms with Gasteiger partial charge in [-0.25, -0.2) is 0 Å². The summed E-state index contributed by atoms with van der Waals surface area (Å²) in [4.78, 5) is 26.4. The van der Waals surface area contributed by atoms with Gasteiger partial charge in [0.1, 0.15) is 5.00 Å². The number of carbonyl (C=O) groups excluding carboxylic acids is 2. The molecule has 0 fully saturated rings. The van der Waals surface area contributed by atoms with Crippen molar-refractivity contribution in [1.29, 1.82) is 0 Å². The normalized spacial score (nSPS) is 13.7. The minimum atomic E-state index is -0.162. The number of hydrogen-bond acceptors (Lipinski definition) is 3. The summed E-state index contributed by atoms with van der Waals surface area (Å²) in [5, 5.41) is 6.38. The molecule has 0 bridgehead atoms. The lowest BCUT2D eigenvalue weighted by atomic mass is 10.0. The van der Waals surface area contributed by atoms with Gasteiger partial charge in [-0.05, 0) is 68.4 Å². The summed E-state index contributed by atoms with van der Waals surface area (Å²) >= 11 is 1.56. The van der Waals surface area contributed by atoms with Gasteiger partial charge in [-0.3, -0.25) is 9.59 Å². The molecule has 132 valence electrons. The molecule has 0 saturated heterocycles. The number of amides is 2. The van der Waals surface area contributed by atoms with Gasteiger partial charge in [-0.1, -0.05) is 12.5 Å². The zero-order chi connectivity index (χ0) is 18.0. The number of rotatable bonds is 3. The van der Waals surface area contributed by atoms with Gasteiger partial charge < -0.3 is 10.6 Å². The summed E-state index contributed by atoms with van der Waals surface area (Å²) in [6.45, 7) is 4.02. The Morgan fingerprint density at radius 3 is 2.48 bits per heavy atom. The standard InChI is InChI=1S/C20H24N2O2S/c1-12-9-10-14(11-13(12)2)18(23)22-20-17(19(24)21-3)15-7-5-4-6-8-16(15)25-20/h9-11H,4-8H2,1-3H3,(H,21,24)(H,22,23). The van der Waals surface area contributed by atoms with Crippen LogP contribution in [0.15, 0.2) is 18.2 Å². The van der Waals surface area contributed by atoms with Crippen molar-refractivity contribution in [3.63, 3.8) is 0 Å². The van der Waals surface area contributed by atoms with E-state index < -0.39 is 0 Å². The van der Waals surface area contributed by atoms with Crippen LogP contribution in [0, 0.1) is 13.8 Å². The van der Waals surface area contributed by atoms with Crippen LogP contribution in [0.1, 0.15) is 61.5 Å². The van der Waals surface area contributed by atoms with E-state index in [1.54, 1.807) is 18.4 Å². The number of hydrogen-bond donors (Lipinski definition) is 2. The minimum absolute atomic E-state index is 0.116. The Kier molecular flexibility index (Phi) is 5.23. The molecule has 25 heavy (non-hydrogen) atoms. The van der Waals surface area contributed by atoms with Crippen molar-refractivity contribution in [3.8, 4) is 0 Å². The summed E-state index contributed by atoms with van der Waals surface area (Å²) in [7, 11) is 1.64. The van der Waals surface area contributed by atoms with E-state index in [2.05, 4.69) is 10.6 Å². The van der Waals surface area contributed by atoms with Crippen LogP contribution in [0.4, 0.5) is 5.00 Å². The summed E-state index contributed by atoms with van der Waals surface area (Å²) in [6, 6.07) is 5.67. The number of nitrogens with one attached hydrogen (secondary N) is 2. The molecule has 0 aliphatic heterocycles. The Balaban J connectivity index is 1.94. The van der Waals surface area contributed by atoms with Gasteiger partial charge in [0.2, 0.25) is 0 Å². The molecule has 1 aliphatic rings. The van der Waals surface area contributed by atoms with Crippen molar-refractivity contribution in [1.82, 2.24) is 5.32 Å². The van der Waals surface area contributed by atoms with Crippen LogP contribution in [0.3, 0.4) is 0 Å². The molecule has 2 aromatic rings. The van der Waals surface area contributed by atoms with Crippen molar-refractivity contribution in [2.45, 2.75) is 46.0 Å².